The molecule has 2 aromatic carbocycles. The van der Waals surface area contributed by atoms with E-state index in [4.69, 9.17) is 0 Å². The number of thioether (sulfide) groups is 2. The van der Waals surface area contributed by atoms with Crippen LogP contribution in [0.4, 0.5) is 9.18 Å². The van der Waals surface area contributed by atoms with E-state index in [1.54, 1.807) is 35.1 Å². The molecule has 1 saturated heterocycles. The predicted molar refractivity (Wildman–Crippen MR) is 176 cm³/mol. The molecule has 2 aromatic heterocycles. The number of para-hydroxylation sites is 2. The van der Waals surface area contributed by atoms with Crippen LogP contribution < -0.4 is 16.3 Å². The van der Waals surface area contributed by atoms with Crippen LogP contribution in [-0.2, 0) is 28.0 Å². The Bertz CT molecular complexity index is 2020. The number of fused-ring (bicyclic) bond motifs is 2. The number of carboxylic acid groups (broad SMARTS) is 1. The highest BCUT2D eigenvalue weighted by Crippen LogP contribution is 2.42. The van der Waals surface area contributed by atoms with Gasteiger partial charge in [0.25, 0.3) is 5.91 Å². The molecule has 3 N–H and O–H groups in total. The summed E-state index contributed by atoms with van der Waals surface area (Å²) in [6.45, 7) is 2.74. The van der Waals surface area contributed by atoms with Crippen molar-refractivity contribution in [3.8, 4) is 0 Å². The van der Waals surface area contributed by atoms with Crippen molar-refractivity contribution in [3.05, 3.63) is 87.9 Å². The van der Waals surface area contributed by atoms with Gasteiger partial charge in [-0.25, -0.2) is 28.0 Å². The maximum absolute atomic E-state index is 15.0. The SMILES string of the molecule is CCCCn1nncc1SCC1=C(C(=O)O)N2C(=O)C(NC(=O)C(NC(=O)n3c(=O)n(C)c4ccccc43)c3ccccc3F)[C@@H]2SC1. The number of unbranched alkanes of at least 4 members (excludes halogenated alkanes) is 1. The lowest BCUT2D eigenvalue weighted by Gasteiger charge is -2.49. The van der Waals surface area contributed by atoms with E-state index in [-0.39, 0.29) is 28.3 Å². The number of hydrogen-bond donors (Lipinski definition) is 3. The Balaban J connectivity index is 1.22. The van der Waals surface area contributed by atoms with Crippen LogP contribution in [0.25, 0.3) is 11.0 Å². The zero-order valence-electron chi connectivity index (χ0n) is 25.8. The summed E-state index contributed by atoms with van der Waals surface area (Å²) in [5.41, 5.74) is 0.277. The minimum Gasteiger partial charge on any atom is -0.477 e. The quantitative estimate of drug-likeness (QED) is 0.157. The fraction of sp³-hybridized carbons (Fsp3) is 0.323. The molecule has 0 radical (unpaired) electrons. The van der Waals surface area contributed by atoms with Crippen LogP contribution in [-0.4, -0.2) is 80.9 Å². The van der Waals surface area contributed by atoms with Gasteiger partial charge in [0.15, 0.2) is 0 Å². The molecule has 48 heavy (non-hydrogen) atoms. The third-order valence-corrected chi connectivity index (χ3v) is 10.6. The largest absolute Gasteiger partial charge is 0.477 e. The number of aromatic nitrogens is 5. The van der Waals surface area contributed by atoms with Gasteiger partial charge >= 0.3 is 17.7 Å². The predicted octanol–water partition coefficient (Wildman–Crippen LogP) is 2.70. The summed E-state index contributed by atoms with van der Waals surface area (Å²) >= 11 is 2.66. The number of halogens is 1. The van der Waals surface area contributed by atoms with Gasteiger partial charge in [-0.15, -0.1) is 28.6 Å². The molecule has 17 heteroatoms. The van der Waals surface area contributed by atoms with E-state index in [1.807, 2.05) is 0 Å². The third-order valence-electron chi connectivity index (χ3n) is 8.16. The van der Waals surface area contributed by atoms with Gasteiger partial charge < -0.3 is 15.7 Å². The molecule has 0 bridgehead atoms. The summed E-state index contributed by atoms with van der Waals surface area (Å²) in [5, 5.41) is 23.3. The number of rotatable bonds is 11. The molecule has 0 saturated carbocycles. The summed E-state index contributed by atoms with van der Waals surface area (Å²) in [4.78, 5) is 67.2. The number of hydrogen-bond acceptors (Lipinski definition) is 9. The summed E-state index contributed by atoms with van der Waals surface area (Å²) in [5.74, 6) is -3.06. The summed E-state index contributed by atoms with van der Waals surface area (Å²) in [6, 6.07) is 8.16. The van der Waals surface area contributed by atoms with Crippen molar-refractivity contribution in [1.82, 2.24) is 39.7 Å². The van der Waals surface area contributed by atoms with E-state index in [1.165, 1.54) is 53.3 Å². The first-order chi connectivity index (χ1) is 23.1. The molecular formula is C31H31FN8O6S2. The number of carbonyl (C=O) groups excluding carboxylic acids is 3. The van der Waals surface area contributed by atoms with Gasteiger partial charge in [-0.3, -0.25) is 19.1 Å². The van der Waals surface area contributed by atoms with Gasteiger partial charge in [0.1, 0.15) is 34.0 Å². The first-order valence-electron chi connectivity index (χ1n) is 15.1. The monoisotopic (exact) mass is 694 g/mol. The lowest BCUT2D eigenvalue weighted by molar-refractivity contribution is -0.151. The molecule has 0 aliphatic carbocycles. The molecule has 4 heterocycles. The lowest BCUT2D eigenvalue weighted by Crippen LogP contribution is -2.71. The van der Waals surface area contributed by atoms with Crippen LogP contribution in [0, 0.1) is 5.82 Å². The molecule has 1 fully saturated rings. The van der Waals surface area contributed by atoms with E-state index in [2.05, 4.69) is 27.9 Å². The number of β-lactam (4-membered cyclic amide) rings is 1. The second-order valence-corrected chi connectivity index (χ2v) is 13.3. The fourth-order valence-corrected chi connectivity index (χ4v) is 8.12. The zero-order chi connectivity index (χ0) is 34.1. The Morgan fingerprint density at radius 3 is 2.58 bits per heavy atom. The number of aliphatic carboxylic acids is 1. The highest BCUT2D eigenvalue weighted by Gasteiger charge is 2.54. The van der Waals surface area contributed by atoms with Crippen LogP contribution in [0.5, 0.6) is 0 Å². The van der Waals surface area contributed by atoms with Crippen molar-refractivity contribution in [1.29, 1.82) is 0 Å². The Morgan fingerprint density at radius 2 is 1.85 bits per heavy atom. The maximum Gasteiger partial charge on any atom is 0.352 e. The number of imidazole rings is 1. The van der Waals surface area contributed by atoms with Crippen molar-refractivity contribution < 1.29 is 28.7 Å². The number of aryl methyl sites for hydroxylation is 2. The standard InChI is InChI=1S/C31H31FN8O6S2/c1-3-4-13-38-22(14-33-36-38)47-15-17-16-48-28-24(27(42)40(28)25(17)29(43)44)34-26(41)23(18-9-5-6-10-19(18)32)35-30(45)39-21-12-8-7-11-20(21)37(2)31(39)46/h5-12,14,23-24,28H,3-4,13,15-16H2,1-2H3,(H,34,41)(H,35,45)(H,43,44)/t23?,24?,28-/m0/s1. The average molecular weight is 695 g/mol. The van der Waals surface area contributed by atoms with Gasteiger partial charge in [-0.1, -0.05) is 48.9 Å². The van der Waals surface area contributed by atoms with Crippen molar-refractivity contribution in [3.63, 3.8) is 0 Å². The van der Waals surface area contributed by atoms with Gasteiger partial charge in [-0.2, -0.15) is 0 Å². The van der Waals surface area contributed by atoms with E-state index < -0.39 is 52.8 Å². The van der Waals surface area contributed by atoms with Crippen LogP contribution >= 0.6 is 23.5 Å². The van der Waals surface area contributed by atoms with E-state index in [0.29, 0.717) is 17.6 Å². The van der Waals surface area contributed by atoms with E-state index in [0.717, 1.165) is 33.4 Å². The maximum atomic E-state index is 15.0. The minimum absolute atomic E-state index is 0.149. The van der Waals surface area contributed by atoms with Crippen molar-refractivity contribution >= 4 is 58.4 Å². The van der Waals surface area contributed by atoms with Gasteiger partial charge in [-0.05, 0) is 30.2 Å². The van der Waals surface area contributed by atoms with E-state index >= 15 is 4.39 Å². The summed E-state index contributed by atoms with van der Waals surface area (Å²) in [6.07, 6.45) is 3.50. The highest BCUT2D eigenvalue weighted by molar-refractivity contribution is 8.01. The Hall–Kier alpha value is -4.90. The van der Waals surface area contributed by atoms with Crippen LogP contribution in [0.2, 0.25) is 0 Å². The molecule has 14 nitrogen and oxygen atoms in total. The van der Waals surface area contributed by atoms with Crippen LogP contribution in [0.15, 0.2) is 75.8 Å². The first-order valence-corrected chi connectivity index (χ1v) is 17.1. The normalized spacial score (nSPS) is 18.0. The van der Waals surface area contributed by atoms with Gasteiger partial charge in [0.05, 0.1) is 17.2 Å². The van der Waals surface area contributed by atoms with Gasteiger partial charge in [0.2, 0.25) is 5.91 Å². The molecule has 2 aliphatic rings. The third kappa shape index (κ3) is 5.98. The Kier molecular flexibility index (Phi) is 9.41. The Labute approximate surface area is 281 Å². The molecule has 3 amide bonds. The minimum atomic E-state index is -1.63. The van der Waals surface area contributed by atoms with Crippen molar-refractivity contribution in [2.24, 2.45) is 7.05 Å². The van der Waals surface area contributed by atoms with Crippen LogP contribution in [0.1, 0.15) is 31.4 Å². The molecule has 6 rings (SSSR count). The molecule has 2 aliphatic heterocycles. The highest BCUT2D eigenvalue weighted by atomic mass is 32.2. The molecule has 3 atom stereocenters. The number of carboxylic acids is 1. The molecule has 4 aromatic rings. The van der Waals surface area contributed by atoms with Gasteiger partial charge in [0, 0.05) is 30.7 Å². The number of benzene rings is 2. The summed E-state index contributed by atoms with van der Waals surface area (Å²) in [7, 11) is 1.50. The van der Waals surface area contributed by atoms with E-state index in [9.17, 15) is 29.1 Å². The first kappa shape index (κ1) is 33.0. The number of nitrogens with one attached hydrogen (secondary N) is 2. The van der Waals surface area contributed by atoms with Crippen molar-refractivity contribution in [2.45, 2.75) is 48.8 Å². The smallest absolute Gasteiger partial charge is 0.352 e. The second-order valence-electron chi connectivity index (χ2n) is 11.2. The zero-order valence-corrected chi connectivity index (χ0v) is 27.5. The number of nitrogens with zero attached hydrogens (tertiary/aromatic N) is 6. The average Bonchev–Trinajstić information content (AvgIpc) is 3.64. The topological polar surface area (TPSA) is 173 Å². The molecular weight excluding hydrogens is 664 g/mol. The molecule has 250 valence electrons. The number of amides is 3. The molecule has 0 spiro atoms. The summed E-state index contributed by atoms with van der Waals surface area (Å²) < 4.78 is 18.9. The second kappa shape index (κ2) is 13.7. The lowest BCUT2D eigenvalue weighted by atomic mass is 10.0. The van der Waals surface area contributed by atoms with Crippen molar-refractivity contribution in [2.75, 3.05) is 11.5 Å². The van der Waals surface area contributed by atoms with Crippen LogP contribution in [0.3, 0.4) is 0 Å². The number of carbonyl (C=O) groups is 4. The Morgan fingerprint density at radius 1 is 1.12 bits per heavy atom. The fourth-order valence-electron chi connectivity index (χ4n) is 5.69. The molecule has 2 unspecified atom stereocenters.